The minimum Gasteiger partial charge on any atom is -0.497 e. The maximum atomic E-state index is 11.9. The molecule has 0 saturated carbocycles. The number of carbonyl (C=O) groups is 1. The van der Waals surface area contributed by atoms with Gasteiger partial charge in [-0.3, -0.25) is 4.79 Å². The second-order valence-corrected chi connectivity index (χ2v) is 4.45. The number of hydrogen-bond donors (Lipinski definition) is 1. The first kappa shape index (κ1) is 17.6. The van der Waals surface area contributed by atoms with Crippen molar-refractivity contribution in [1.82, 2.24) is 5.32 Å². The van der Waals surface area contributed by atoms with E-state index < -0.39 is 0 Å². The summed E-state index contributed by atoms with van der Waals surface area (Å²) in [6.45, 7) is 7.86. The van der Waals surface area contributed by atoms with Crippen LogP contribution >= 0.6 is 0 Å². The SMILES string of the molecule is CC.CNC(Cc1ccc(OC)cc1)C(=O)C(C)C. The average molecular weight is 265 g/mol. The van der Waals surface area contributed by atoms with Crippen LogP contribution in [-0.4, -0.2) is 26.0 Å². The summed E-state index contributed by atoms with van der Waals surface area (Å²) in [7, 11) is 3.47. The van der Waals surface area contributed by atoms with Gasteiger partial charge in [0.15, 0.2) is 5.78 Å². The molecule has 3 nitrogen and oxygen atoms in total. The van der Waals surface area contributed by atoms with Crippen molar-refractivity contribution in [2.24, 2.45) is 5.92 Å². The number of likely N-dealkylation sites (N-methyl/N-ethyl adjacent to an activating group) is 1. The molecular formula is C16H27NO2. The summed E-state index contributed by atoms with van der Waals surface area (Å²) in [4.78, 5) is 11.9. The Kier molecular flexibility index (Phi) is 8.88. The predicted octanol–water partition coefficient (Wildman–Crippen LogP) is 3.08. The van der Waals surface area contributed by atoms with Gasteiger partial charge in [-0.25, -0.2) is 0 Å². The summed E-state index contributed by atoms with van der Waals surface area (Å²) in [5, 5.41) is 3.08. The lowest BCUT2D eigenvalue weighted by Crippen LogP contribution is -2.38. The van der Waals surface area contributed by atoms with E-state index in [0.717, 1.165) is 17.7 Å². The van der Waals surface area contributed by atoms with Gasteiger partial charge in [-0.15, -0.1) is 0 Å². The van der Waals surface area contributed by atoms with E-state index in [0.29, 0.717) is 0 Å². The molecule has 3 heteroatoms. The van der Waals surface area contributed by atoms with E-state index in [9.17, 15) is 4.79 Å². The van der Waals surface area contributed by atoms with E-state index in [4.69, 9.17) is 4.74 Å². The number of ketones is 1. The highest BCUT2D eigenvalue weighted by Crippen LogP contribution is 2.14. The zero-order valence-corrected chi connectivity index (χ0v) is 13.0. The monoisotopic (exact) mass is 265 g/mol. The second kappa shape index (κ2) is 9.56. The Balaban J connectivity index is 0.00000154. The van der Waals surface area contributed by atoms with Crippen molar-refractivity contribution in [3.63, 3.8) is 0 Å². The Morgan fingerprint density at radius 1 is 1.21 bits per heavy atom. The molecule has 19 heavy (non-hydrogen) atoms. The van der Waals surface area contributed by atoms with Crippen molar-refractivity contribution in [3.8, 4) is 5.75 Å². The molecule has 0 aliphatic heterocycles. The first-order valence-corrected chi connectivity index (χ1v) is 6.92. The van der Waals surface area contributed by atoms with Gasteiger partial charge in [0.1, 0.15) is 5.75 Å². The van der Waals surface area contributed by atoms with Crippen molar-refractivity contribution in [1.29, 1.82) is 0 Å². The van der Waals surface area contributed by atoms with Crippen molar-refractivity contribution in [2.75, 3.05) is 14.2 Å². The Labute approximate surface area is 117 Å². The highest BCUT2D eigenvalue weighted by atomic mass is 16.5. The van der Waals surface area contributed by atoms with Gasteiger partial charge in [0.25, 0.3) is 0 Å². The summed E-state index contributed by atoms with van der Waals surface area (Å²) >= 11 is 0. The molecule has 0 bridgehead atoms. The number of benzene rings is 1. The third-order valence-corrected chi connectivity index (χ3v) is 2.86. The molecular weight excluding hydrogens is 238 g/mol. The molecule has 0 amide bonds. The Bertz CT molecular complexity index is 358. The third kappa shape index (κ3) is 5.88. The minimum atomic E-state index is -0.108. The maximum Gasteiger partial charge on any atom is 0.152 e. The fourth-order valence-corrected chi connectivity index (χ4v) is 1.74. The third-order valence-electron chi connectivity index (χ3n) is 2.86. The van der Waals surface area contributed by atoms with Gasteiger partial charge in [-0.05, 0) is 31.2 Å². The smallest absolute Gasteiger partial charge is 0.152 e. The summed E-state index contributed by atoms with van der Waals surface area (Å²) in [6.07, 6.45) is 0.720. The van der Waals surface area contributed by atoms with Crippen molar-refractivity contribution >= 4 is 5.78 Å². The summed E-state index contributed by atoms with van der Waals surface area (Å²) in [5.41, 5.74) is 1.14. The van der Waals surface area contributed by atoms with Crippen LogP contribution in [0.4, 0.5) is 0 Å². The molecule has 0 aliphatic rings. The molecule has 1 N–H and O–H groups in total. The fourth-order valence-electron chi connectivity index (χ4n) is 1.74. The number of methoxy groups -OCH3 is 1. The maximum absolute atomic E-state index is 11.9. The van der Waals surface area contributed by atoms with Gasteiger partial charge in [-0.2, -0.15) is 0 Å². The number of rotatable bonds is 6. The Hall–Kier alpha value is -1.35. The summed E-state index contributed by atoms with van der Waals surface area (Å²) < 4.78 is 5.10. The van der Waals surface area contributed by atoms with Gasteiger partial charge in [0.05, 0.1) is 13.2 Å². The second-order valence-electron chi connectivity index (χ2n) is 4.45. The van der Waals surface area contributed by atoms with Crippen molar-refractivity contribution < 1.29 is 9.53 Å². The van der Waals surface area contributed by atoms with Gasteiger partial charge in [0, 0.05) is 5.92 Å². The quantitative estimate of drug-likeness (QED) is 0.859. The number of carbonyl (C=O) groups excluding carboxylic acids is 1. The topological polar surface area (TPSA) is 38.3 Å². The molecule has 1 aromatic rings. The van der Waals surface area contributed by atoms with Crippen molar-refractivity contribution in [2.45, 2.75) is 40.2 Å². The lowest BCUT2D eigenvalue weighted by Gasteiger charge is -2.17. The standard InChI is InChI=1S/C14H21NO2.C2H6/c1-10(2)14(16)13(15-3)9-11-5-7-12(17-4)8-6-11;1-2/h5-8,10,13,15H,9H2,1-4H3;1-2H3. The first-order valence-electron chi connectivity index (χ1n) is 6.92. The zero-order chi connectivity index (χ0) is 14.8. The molecule has 0 radical (unpaired) electrons. The van der Waals surface area contributed by atoms with E-state index in [-0.39, 0.29) is 17.7 Å². The lowest BCUT2D eigenvalue weighted by molar-refractivity contribution is -0.123. The van der Waals surface area contributed by atoms with Crippen LogP contribution in [0.15, 0.2) is 24.3 Å². The lowest BCUT2D eigenvalue weighted by atomic mass is 9.96. The largest absolute Gasteiger partial charge is 0.497 e. The van der Waals surface area contributed by atoms with Crippen LogP contribution in [0.25, 0.3) is 0 Å². The Morgan fingerprint density at radius 2 is 1.74 bits per heavy atom. The molecule has 108 valence electrons. The van der Waals surface area contributed by atoms with Crippen LogP contribution in [0, 0.1) is 5.92 Å². The zero-order valence-electron chi connectivity index (χ0n) is 13.0. The van der Waals surface area contributed by atoms with Crippen LogP contribution in [0.3, 0.4) is 0 Å². The average Bonchev–Trinajstić information content (AvgIpc) is 2.46. The molecule has 0 heterocycles. The van der Waals surface area contributed by atoms with Gasteiger partial charge in [-0.1, -0.05) is 39.8 Å². The van der Waals surface area contributed by atoms with Crippen molar-refractivity contribution in [3.05, 3.63) is 29.8 Å². The summed E-state index contributed by atoms with van der Waals surface area (Å²) in [5.74, 6) is 1.15. The van der Waals surface area contributed by atoms with E-state index in [2.05, 4.69) is 5.32 Å². The van der Waals surface area contributed by atoms with Gasteiger partial charge < -0.3 is 10.1 Å². The molecule has 1 atom stereocenters. The van der Waals surface area contributed by atoms with Crippen LogP contribution in [-0.2, 0) is 11.2 Å². The molecule has 0 aliphatic carbocycles. The number of hydrogen-bond acceptors (Lipinski definition) is 3. The van der Waals surface area contributed by atoms with Gasteiger partial charge in [0.2, 0.25) is 0 Å². The first-order chi connectivity index (χ1) is 9.08. The fraction of sp³-hybridized carbons (Fsp3) is 0.562. The highest BCUT2D eigenvalue weighted by molar-refractivity contribution is 5.85. The molecule has 1 aromatic carbocycles. The van der Waals surface area contributed by atoms with E-state index in [1.54, 1.807) is 7.11 Å². The van der Waals surface area contributed by atoms with Crippen LogP contribution in [0.2, 0.25) is 0 Å². The minimum absolute atomic E-state index is 0.0608. The van der Waals surface area contributed by atoms with Crippen LogP contribution < -0.4 is 10.1 Å². The number of Topliss-reactive ketones (excluding diaryl/α,β-unsaturated/α-hetero) is 1. The molecule has 0 fully saturated rings. The van der Waals surface area contributed by atoms with E-state index in [1.807, 2.05) is 59.0 Å². The molecule has 0 aromatic heterocycles. The number of ether oxygens (including phenoxy) is 1. The normalized spacial score (nSPS) is 11.5. The number of nitrogens with one attached hydrogen (secondary N) is 1. The molecule has 0 spiro atoms. The summed E-state index contributed by atoms with van der Waals surface area (Å²) in [6, 6.07) is 7.72. The Morgan fingerprint density at radius 3 is 2.11 bits per heavy atom. The predicted molar refractivity (Wildman–Crippen MR) is 80.7 cm³/mol. The highest BCUT2D eigenvalue weighted by Gasteiger charge is 2.19. The van der Waals surface area contributed by atoms with Crippen LogP contribution in [0.5, 0.6) is 5.75 Å². The van der Waals surface area contributed by atoms with E-state index >= 15 is 0 Å². The molecule has 1 rings (SSSR count). The van der Waals surface area contributed by atoms with Gasteiger partial charge >= 0.3 is 0 Å². The van der Waals surface area contributed by atoms with E-state index in [1.165, 1.54) is 0 Å². The molecule has 1 unspecified atom stereocenters. The molecule has 0 saturated heterocycles. The van der Waals surface area contributed by atoms with Crippen LogP contribution in [0.1, 0.15) is 33.3 Å².